The van der Waals surface area contributed by atoms with Crippen molar-refractivity contribution in [1.29, 1.82) is 0 Å². The van der Waals surface area contributed by atoms with Gasteiger partial charge in [0.1, 0.15) is 11.3 Å². The number of carbonyl (C=O) groups is 1. The van der Waals surface area contributed by atoms with Gasteiger partial charge >= 0.3 is 5.97 Å². The van der Waals surface area contributed by atoms with Gasteiger partial charge < -0.3 is 23.8 Å². The van der Waals surface area contributed by atoms with E-state index in [9.17, 15) is 4.79 Å². The van der Waals surface area contributed by atoms with Crippen LogP contribution in [0.5, 0.6) is 5.75 Å². The van der Waals surface area contributed by atoms with Crippen molar-refractivity contribution in [3.8, 4) is 5.75 Å². The molecule has 0 bridgehead atoms. The highest BCUT2D eigenvalue weighted by molar-refractivity contribution is 5.93. The highest BCUT2D eigenvalue weighted by Gasteiger charge is 2.39. The van der Waals surface area contributed by atoms with E-state index in [4.69, 9.17) is 18.9 Å². The van der Waals surface area contributed by atoms with Crippen LogP contribution < -0.4 is 9.64 Å². The number of ether oxygens (including phenoxy) is 4. The number of methoxy groups -OCH3 is 2. The lowest BCUT2D eigenvalue weighted by atomic mass is 10.0. The number of benzene rings is 1. The Kier molecular flexibility index (Phi) is 4.22. The fourth-order valence-corrected chi connectivity index (χ4v) is 3.05. The van der Waals surface area contributed by atoms with Crippen LogP contribution in [0.25, 0.3) is 0 Å². The molecule has 0 saturated carbocycles. The monoisotopic (exact) mass is 307 g/mol. The smallest absolute Gasteiger partial charge is 0.341 e. The van der Waals surface area contributed by atoms with Crippen LogP contribution >= 0.6 is 0 Å². The summed E-state index contributed by atoms with van der Waals surface area (Å²) >= 11 is 0. The van der Waals surface area contributed by atoms with Crippen LogP contribution in [0.15, 0.2) is 18.2 Å². The van der Waals surface area contributed by atoms with E-state index in [1.54, 1.807) is 13.2 Å². The standard InChI is InChI=1S/C16H21NO5/c1-19-14-11-12(3-4-13(14)15(18)20-2)17-7-5-16(6-8-17)21-9-10-22-16/h3-4,11H,5-10H2,1-2H3. The van der Waals surface area contributed by atoms with Crippen LogP contribution in [0.2, 0.25) is 0 Å². The van der Waals surface area contributed by atoms with Crippen molar-refractivity contribution < 1.29 is 23.7 Å². The van der Waals surface area contributed by atoms with Crippen molar-refractivity contribution in [3.05, 3.63) is 23.8 Å². The maximum atomic E-state index is 11.7. The first-order chi connectivity index (χ1) is 10.7. The van der Waals surface area contributed by atoms with Gasteiger partial charge in [-0.3, -0.25) is 0 Å². The SMILES string of the molecule is COC(=O)c1ccc(N2CCC3(CC2)OCCO3)cc1OC. The van der Waals surface area contributed by atoms with Gasteiger partial charge in [-0.1, -0.05) is 0 Å². The van der Waals surface area contributed by atoms with E-state index in [1.807, 2.05) is 12.1 Å². The molecule has 0 aromatic heterocycles. The van der Waals surface area contributed by atoms with Crippen LogP contribution in [0.4, 0.5) is 5.69 Å². The van der Waals surface area contributed by atoms with Gasteiger partial charge in [-0.25, -0.2) is 4.79 Å². The molecule has 2 saturated heterocycles. The molecule has 0 radical (unpaired) electrons. The summed E-state index contributed by atoms with van der Waals surface area (Å²) in [6.45, 7) is 3.06. The third-order valence-electron chi connectivity index (χ3n) is 4.29. The second-order valence-corrected chi connectivity index (χ2v) is 5.47. The Hall–Kier alpha value is -1.79. The predicted molar refractivity (Wildman–Crippen MR) is 80.4 cm³/mol. The average Bonchev–Trinajstić information content (AvgIpc) is 3.02. The number of rotatable bonds is 3. The number of hydrogen-bond donors (Lipinski definition) is 0. The van der Waals surface area contributed by atoms with E-state index in [-0.39, 0.29) is 5.79 Å². The summed E-state index contributed by atoms with van der Waals surface area (Å²) in [5, 5.41) is 0. The maximum Gasteiger partial charge on any atom is 0.341 e. The first-order valence-electron chi connectivity index (χ1n) is 7.47. The van der Waals surface area contributed by atoms with E-state index in [0.29, 0.717) is 24.5 Å². The van der Waals surface area contributed by atoms with E-state index in [0.717, 1.165) is 31.6 Å². The Labute approximate surface area is 129 Å². The molecule has 22 heavy (non-hydrogen) atoms. The molecule has 3 rings (SSSR count). The normalized spacial score (nSPS) is 20.2. The molecule has 1 spiro atoms. The summed E-state index contributed by atoms with van der Waals surface area (Å²) in [7, 11) is 2.92. The van der Waals surface area contributed by atoms with Gasteiger partial charge in [-0.05, 0) is 12.1 Å². The van der Waals surface area contributed by atoms with E-state index < -0.39 is 5.97 Å². The summed E-state index contributed by atoms with van der Waals surface area (Å²) in [6, 6.07) is 5.54. The topological polar surface area (TPSA) is 57.2 Å². The van der Waals surface area contributed by atoms with Crippen molar-refractivity contribution in [2.24, 2.45) is 0 Å². The third kappa shape index (κ3) is 2.76. The van der Waals surface area contributed by atoms with Gasteiger partial charge in [-0.15, -0.1) is 0 Å². The quantitative estimate of drug-likeness (QED) is 0.794. The highest BCUT2D eigenvalue weighted by atomic mass is 16.7. The van der Waals surface area contributed by atoms with E-state index in [2.05, 4.69) is 4.90 Å². The van der Waals surface area contributed by atoms with Crippen LogP contribution in [0.3, 0.4) is 0 Å². The zero-order chi connectivity index (χ0) is 15.6. The molecule has 6 heteroatoms. The summed E-state index contributed by atoms with van der Waals surface area (Å²) in [5.74, 6) is -0.251. The number of carbonyl (C=O) groups excluding carboxylic acids is 1. The van der Waals surface area contributed by atoms with Crippen molar-refractivity contribution in [3.63, 3.8) is 0 Å². The number of piperidine rings is 1. The van der Waals surface area contributed by atoms with Crippen LogP contribution in [0.1, 0.15) is 23.2 Å². The van der Waals surface area contributed by atoms with Crippen molar-refractivity contribution >= 4 is 11.7 Å². The van der Waals surface area contributed by atoms with Gasteiger partial charge in [0.15, 0.2) is 5.79 Å². The molecule has 0 N–H and O–H groups in total. The molecule has 2 aliphatic heterocycles. The number of nitrogens with zero attached hydrogens (tertiary/aromatic N) is 1. The Bertz CT molecular complexity index is 543. The van der Waals surface area contributed by atoms with E-state index in [1.165, 1.54) is 7.11 Å². The Balaban J connectivity index is 1.74. The molecule has 2 fully saturated rings. The second kappa shape index (κ2) is 6.14. The van der Waals surface area contributed by atoms with Crippen molar-refractivity contribution in [2.75, 3.05) is 45.4 Å². The summed E-state index contributed by atoms with van der Waals surface area (Å²) in [4.78, 5) is 14.0. The minimum Gasteiger partial charge on any atom is -0.496 e. The van der Waals surface area contributed by atoms with Gasteiger partial charge in [0.25, 0.3) is 0 Å². The fourth-order valence-electron chi connectivity index (χ4n) is 3.05. The summed E-state index contributed by atoms with van der Waals surface area (Å²) in [5.41, 5.74) is 1.46. The number of anilines is 1. The first kappa shape index (κ1) is 15.1. The van der Waals surface area contributed by atoms with Gasteiger partial charge in [0.05, 0.1) is 27.4 Å². The molecule has 0 aliphatic carbocycles. The molecule has 6 nitrogen and oxygen atoms in total. The van der Waals surface area contributed by atoms with Crippen molar-refractivity contribution in [1.82, 2.24) is 0 Å². The first-order valence-corrected chi connectivity index (χ1v) is 7.47. The Morgan fingerprint density at radius 3 is 2.45 bits per heavy atom. The minimum atomic E-state index is -0.395. The molecule has 0 amide bonds. The maximum absolute atomic E-state index is 11.7. The molecule has 0 unspecified atom stereocenters. The van der Waals surface area contributed by atoms with Crippen LogP contribution in [-0.2, 0) is 14.2 Å². The summed E-state index contributed by atoms with van der Waals surface area (Å²) < 4.78 is 21.6. The lowest BCUT2D eigenvalue weighted by Gasteiger charge is -2.38. The highest BCUT2D eigenvalue weighted by Crippen LogP contribution is 2.34. The van der Waals surface area contributed by atoms with Crippen LogP contribution in [-0.4, -0.2) is 52.3 Å². The molecular formula is C16H21NO5. The second-order valence-electron chi connectivity index (χ2n) is 5.47. The molecule has 2 aliphatic rings. The minimum absolute atomic E-state index is 0.382. The average molecular weight is 307 g/mol. The van der Waals surface area contributed by atoms with E-state index >= 15 is 0 Å². The largest absolute Gasteiger partial charge is 0.496 e. The molecule has 1 aromatic carbocycles. The Morgan fingerprint density at radius 1 is 1.18 bits per heavy atom. The zero-order valence-electron chi connectivity index (χ0n) is 13.0. The zero-order valence-corrected chi connectivity index (χ0v) is 13.0. The number of hydrogen-bond acceptors (Lipinski definition) is 6. The Morgan fingerprint density at radius 2 is 1.86 bits per heavy atom. The molecular weight excluding hydrogens is 286 g/mol. The fraction of sp³-hybridized carbons (Fsp3) is 0.562. The van der Waals surface area contributed by atoms with Gasteiger partial charge in [0.2, 0.25) is 0 Å². The van der Waals surface area contributed by atoms with Crippen molar-refractivity contribution in [2.45, 2.75) is 18.6 Å². The number of esters is 1. The van der Waals surface area contributed by atoms with Crippen LogP contribution in [0, 0.1) is 0 Å². The molecule has 0 atom stereocenters. The molecule has 120 valence electrons. The predicted octanol–water partition coefficient (Wildman–Crippen LogP) is 1.83. The summed E-state index contributed by atoms with van der Waals surface area (Å²) in [6.07, 6.45) is 1.68. The lowest BCUT2D eigenvalue weighted by Crippen LogP contribution is -2.45. The third-order valence-corrected chi connectivity index (χ3v) is 4.29. The molecule has 1 aromatic rings. The lowest BCUT2D eigenvalue weighted by molar-refractivity contribution is -0.169. The van der Waals surface area contributed by atoms with Gasteiger partial charge in [0, 0.05) is 37.7 Å². The molecule has 2 heterocycles. The van der Waals surface area contributed by atoms with Gasteiger partial charge in [-0.2, -0.15) is 0 Å².